The van der Waals surface area contributed by atoms with Crippen molar-refractivity contribution in [2.75, 3.05) is 6.16 Å². The maximum Gasteiger partial charge on any atom is 0.123 e. The van der Waals surface area contributed by atoms with E-state index < -0.39 is 8.22 Å². The zero-order valence-electron chi connectivity index (χ0n) is 20.8. The molecule has 1 heterocycles. The molecule has 3 aromatic rings. The van der Waals surface area contributed by atoms with E-state index in [1.54, 1.807) is 12.1 Å². The summed E-state index contributed by atoms with van der Waals surface area (Å²) in [5, 5.41) is 0. The average Bonchev–Trinajstić information content (AvgIpc) is 3.28. The first-order valence-corrected chi connectivity index (χ1v) is 14.3. The van der Waals surface area contributed by atoms with Gasteiger partial charge in [-0.2, -0.15) is 0 Å². The summed E-state index contributed by atoms with van der Waals surface area (Å²) in [5.41, 5.74) is 4.79. The summed E-state index contributed by atoms with van der Waals surface area (Å²) in [7, 11) is -0.684. The van der Waals surface area contributed by atoms with E-state index in [0.29, 0.717) is 0 Å². The molecule has 0 radical (unpaired) electrons. The minimum atomic E-state index is -0.684. The molecule has 0 N–H and O–H groups in total. The predicted octanol–water partition coefficient (Wildman–Crippen LogP) is 9.14. The number of thiocarbonyl (C=S) groups is 1. The number of halogens is 1. The minimum Gasteiger partial charge on any atom is -0.331 e. The molecule has 0 saturated carbocycles. The second-order valence-corrected chi connectivity index (χ2v) is 11.7. The quantitative estimate of drug-likeness (QED) is 0.201. The van der Waals surface area contributed by atoms with Gasteiger partial charge >= 0.3 is 0 Å². The van der Waals surface area contributed by atoms with Crippen LogP contribution in [0.2, 0.25) is 0 Å². The highest BCUT2D eigenvalue weighted by atomic mass is 32.1. The highest BCUT2D eigenvalue weighted by molar-refractivity contribution is 7.80. The number of hydrogen-bond acceptors (Lipinski definition) is 3. The summed E-state index contributed by atoms with van der Waals surface area (Å²) in [6, 6.07) is 28.7. The fraction of sp³-hybridized carbons (Fsp3) is 0.300. The van der Waals surface area contributed by atoms with Crippen LogP contribution in [0, 0.1) is 5.82 Å². The maximum absolute atomic E-state index is 13.8. The van der Waals surface area contributed by atoms with Crippen molar-refractivity contribution in [3.63, 3.8) is 0 Å². The third kappa shape index (κ3) is 6.00. The van der Waals surface area contributed by atoms with Crippen LogP contribution in [0.5, 0.6) is 0 Å². The van der Waals surface area contributed by atoms with Crippen LogP contribution in [0.15, 0.2) is 91.1 Å². The van der Waals surface area contributed by atoms with E-state index in [2.05, 4.69) is 97.0 Å². The molecule has 1 unspecified atom stereocenters. The molecule has 2 nitrogen and oxygen atoms in total. The van der Waals surface area contributed by atoms with Gasteiger partial charge in [-0.1, -0.05) is 79.8 Å². The van der Waals surface area contributed by atoms with Gasteiger partial charge in [-0.3, -0.25) is 0 Å². The minimum absolute atomic E-state index is 0.185. The molecule has 4 rings (SSSR count). The van der Waals surface area contributed by atoms with Gasteiger partial charge in [0.05, 0.1) is 26.0 Å². The Kier molecular flexibility index (Phi) is 8.70. The zero-order chi connectivity index (χ0) is 24.8. The lowest BCUT2D eigenvalue weighted by atomic mass is 10.1. The highest BCUT2D eigenvalue weighted by Crippen LogP contribution is 2.61. The van der Waals surface area contributed by atoms with Gasteiger partial charge in [0.15, 0.2) is 0 Å². The average molecular weight is 505 g/mol. The van der Waals surface area contributed by atoms with Gasteiger partial charge in [0, 0.05) is 12.4 Å². The molecular weight excluding hydrogens is 470 g/mol. The number of hydrogen-bond donors (Lipinski definition) is 0. The fourth-order valence-electron chi connectivity index (χ4n) is 4.61. The molecule has 0 aliphatic carbocycles. The molecule has 1 aliphatic heterocycles. The van der Waals surface area contributed by atoms with Crippen molar-refractivity contribution in [3.8, 4) is 0 Å². The van der Waals surface area contributed by atoms with E-state index in [1.807, 2.05) is 12.1 Å². The summed E-state index contributed by atoms with van der Waals surface area (Å²) in [6.07, 6.45) is 6.39. The molecule has 0 saturated heterocycles. The molecular formula is C30H34FN2PS. The van der Waals surface area contributed by atoms with Crippen LogP contribution in [-0.2, 0) is 0 Å². The number of nitrogens with zero attached hydrogens (tertiary/aromatic N) is 2. The maximum atomic E-state index is 13.8. The molecule has 0 amide bonds. The molecule has 182 valence electrons. The van der Waals surface area contributed by atoms with E-state index >= 15 is 0 Å². The van der Waals surface area contributed by atoms with Gasteiger partial charge in [0.2, 0.25) is 0 Å². The summed E-state index contributed by atoms with van der Waals surface area (Å²) >= 11 is 5.55. The van der Waals surface area contributed by atoms with E-state index in [0.717, 1.165) is 41.5 Å². The van der Waals surface area contributed by atoms with E-state index in [-0.39, 0.29) is 17.9 Å². The van der Waals surface area contributed by atoms with Gasteiger partial charge in [0.1, 0.15) is 5.82 Å². The van der Waals surface area contributed by atoms with Crippen molar-refractivity contribution in [1.29, 1.82) is 0 Å². The summed E-state index contributed by atoms with van der Waals surface area (Å²) in [5.74, 6) is -0.208. The lowest BCUT2D eigenvalue weighted by Crippen LogP contribution is -2.24. The van der Waals surface area contributed by atoms with Crippen LogP contribution in [0.3, 0.4) is 0 Å². The van der Waals surface area contributed by atoms with Gasteiger partial charge in [-0.05, 0) is 78.9 Å². The molecule has 0 bridgehead atoms. The molecule has 3 aromatic carbocycles. The predicted molar refractivity (Wildman–Crippen MR) is 152 cm³/mol. The second kappa shape index (κ2) is 11.9. The standard InChI is InChI=1S/C30H34FN2PS/c1-4-29(35)16-11-21-34-32(23(2)25-12-7-5-8-13-25)22-30(27-17-19-28(31)20-18-27)33(34)24(3)26-14-9-6-10-15-26/h5-10,12-15,17-20,22-24H,4,11,16,21H2,1-3H3/t23-,24-,34?/m0/s1. The summed E-state index contributed by atoms with van der Waals surface area (Å²) < 4.78 is 19.0. The normalized spacial score (nSPS) is 17.3. The van der Waals surface area contributed by atoms with Crippen LogP contribution >= 0.6 is 20.4 Å². The Balaban J connectivity index is 1.76. The van der Waals surface area contributed by atoms with E-state index in [1.165, 1.54) is 11.1 Å². The van der Waals surface area contributed by atoms with Crippen LogP contribution < -0.4 is 0 Å². The van der Waals surface area contributed by atoms with Crippen LogP contribution in [0.4, 0.5) is 4.39 Å². The van der Waals surface area contributed by atoms with Crippen LogP contribution in [0.1, 0.15) is 68.8 Å². The fourth-order valence-corrected chi connectivity index (χ4v) is 7.59. The lowest BCUT2D eigenvalue weighted by molar-refractivity contribution is 0.449. The molecule has 0 aromatic heterocycles. The molecule has 3 atom stereocenters. The smallest absolute Gasteiger partial charge is 0.123 e. The monoisotopic (exact) mass is 504 g/mol. The Labute approximate surface area is 216 Å². The van der Waals surface area contributed by atoms with Crippen molar-refractivity contribution in [2.45, 2.75) is 52.1 Å². The third-order valence-corrected chi connectivity index (χ3v) is 9.96. The molecule has 1 aliphatic rings. The van der Waals surface area contributed by atoms with Crippen LogP contribution in [0.25, 0.3) is 5.70 Å². The number of benzene rings is 3. The van der Waals surface area contributed by atoms with E-state index in [4.69, 9.17) is 12.2 Å². The SMILES string of the molecule is CCC(=S)CCCP1N([C@@H](C)c2ccccc2)C=C(c2ccc(F)cc2)N1[C@@H](C)c1ccccc1. The van der Waals surface area contributed by atoms with Crippen LogP contribution in [-0.4, -0.2) is 20.4 Å². The topological polar surface area (TPSA) is 6.48 Å². The first kappa shape index (κ1) is 25.5. The molecule has 35 heavy (non-hydrogen) atoms. The Morgan fingerprint density at radius 3 is 2.00 bits per heavy atom. The molecule has 0 fully saturated rings. The van der Waals surface area contributed by atoms with Crippen molar-refractivity contribution < 1.29 is 4.39 Å². The first-order chi connectivity index (χ1) is 17.0. The Morgan fingerprint density at radius 1 is 0.857 bits per heavy atom. The molecule has 5 heteroatoms. The number of rotatable bonds is 10. The highest BCUT2D eigenvalue weighted by Gasteiger charge is 2.38. The first-order valence-electron chi connectivity index (χ1n) is 12.4. The lowest BCUT2D eigenvalue weighted by Gasteiger charge is -2.40. The third-order valence-electron chi connectivity index (χ3n) is 6.69. The van der Waals surface area contributed by atoms with Crippen molar-refractivity contribution in [3.05, 3.63) is 114 Å². The van der Waals surface area contributed by atoms with Gasteiger partial charge in [0.25, 0.3) is 0 Å². The Bertz CT molecular complexity index is 1130. The zero-order valence-corrected chi connectivity index (χ0v) is 22.5. The van der Waals surface area contributed by atoms with Crippen molar-refractivity contribution >= 4 is 31.0 Å². The van der Waals surface area contributed by atoms with Gasteiger partial charge in [-0.15, -0.1) is 0 Å². The Morgan fingerprint density at radius 2 is 1.43 bits per heavy atom. The summed E-state index contributed by atoms with van der Waals surface area (Å²) in [4.78, 5) is 1.15. The second-order valence-electron chi connectivity index (χ2n) is 9.01. The Hall–Kier alpha value is -2.55. The van der Waals surface area contributed by atoms with Crippen molar-refractivity contribution in [2.24, 2.45) is 0 Å². The summed E-state index contributed by atoms with van der Waals surface area (Å²) in [6.45, 7) is 6.72. The largest absolute Gasteiger partial charge is 0.331 e. The van der Waals surface area contributed by atoms with Gasteiger partial charge < -0.3 is 9.34 Å². The molecule has 0 spiro atoms. The van der Waals surface area contributed by atoms with Crippen molar-refractivity contribution in [1.82, 2.24) is 9.34 Å². The van der Waals surface area contributed by atoms with Gasteiger partial charge in [-0.25, -0.2) is 4.39 Å². The van der Waals surface area contributed by atoms with E-state index in [9.17, 15) is 4.39 Å².